The van der Waals surface area contributed by atoms with E-state index < -0.39 is 11.4 Å². The summed E-state index contributed by atoms with van der Waals surface area (Å²) in [5.74, 6) is -0.509. The fourth-order valence-electron chi connectivity index (χ4n) is 2.36. The number of amides is 1. The summed E-state index contributed by atoms with van der Waals surface area (Å²) < 4.78 is 4.83. The third kappa shape index (κ3) is 2.52. The minimum absolute atomic E-state index is 0.0696. The Morgan fingerprint density at radius 3 is 2.62 bits per heavy atom. The Hall–Kier alpha value is -1.56. The van der Waals surface area contributed by atoms with E-state index >= 15 is 0 Å². The fraction of sp³-hybridized carbons (Fsp3) is 0.400. The van der Waals surface area contributed by atoms with Crippen molar-refractivity contribution >= 4 is 23.1 Å². The van der Waals surface area contributed by atoms with Crippen molar-refractivity contribution < 1.29 is 19.5 Å². The van der Waals surface area contributed by atoms with Crippen molar-refractivity contribution in [3.05, 3.63) is 40.1 Å². The average Bonchev–Trinajstić information content (AvgIpc) is 2.57. The highest BCUT2D eigenvalue weighted by Crippen LogP contribution is 2.41. The first-order valence-corrected chi connectivity index (χ1v) is 6.85. The van der Waals surface area contributed by atoms with Crippen LogP contribution in [0.25, 0.3) is 5.57 Å². The van der Waals surface area contributed by atoms with E-state index in [1.165, 1.54) is 7.11 Å². The molecule has 0 spiro atoms. The summed E-state index contributed by atoms with van der Waals surface area (Å²) in [5, 5.41) is 12.0. The zero-order valence-corrected chi connectivity index (χ0v) is 13.2. The van der Waals surface area contributed by atoms with Gasteiger partial charge in [-0.3, -0.25) is 4.79 Å². The highest BCUT2D eigenvalue weighted by molar-refractivity contribution is 6.35. The molecule has 1 aliphatic heterocycles. The highest BCUT2D eigenvalue weighted by Gasteiger charge is 2.48. The summed E-state index contributed by atoms with van der Waals surface area (Å²) in [6.45, 7) is 5.13. The topological polar surface area (TPSA) is 59.0 Å². The van der Waals surface area contributed by atoms with Crippen LogP contribution in [0.1, 0.15) is 25.0 Å². The number of hydrogen-bond donors (Lipinski definition) is 1. The number of methoxy groups -OCH3 is 1. The first-order chi connectivity index (χ1) is 9.82. The summed E-state index contributed by atoms with van der Waals surface area (Å²) in [6, 6.07) is 5.31. The summed E-state index contributed by atoms with van der Waals surface area (Å²) in [4.78, 5) is 17.9. The van der Waals surface area contributed by atoms with Gasteiger partial charge in [-0.05, 0) is 32.4 Å². The zero-order valence-electron chi connectivity index (χ0n) is 12.4. The number of benzene rings is 1. The van der Waals surface area contributed by atoms with Gasteiger partial charge in [-0.25, -0.2) is 9.90 Å². The largest absolute Gasteiger partial charge is 0.509 e. The van der Waals surface area contributed by atoms with Gasteiger partial charge in [0.05, 0.1) is 5.57 Å². The lowest BCUT2D eigenvalue weighted by atomic mass is 9.96. The van der Waals surface area contributed by atoms with Gasteiger partial charge in [0.15, 0.2) is 6.79 Å². The van der Waals surface area contributed by atoms with Crippen molar-refractivity contribution in [1.29, 1.82) is 0 Å². The molecule has 1 aromatic rings. The molecular formula is C15H18ClNO4. The lowest BCUT2D eigenvalue weighted by Crippen LogP contribution is -2.43. The summed E-state index contributed by atoms with van der Waals surface area (Å²) in [7, 11) is 1.46. The van der Waals surface area contributed by atoms with Crippen LogP contribution in [0.2, 0.25) is 5.02 Å². The summed E-state index contributed by atoms with van der Waals surface area (Å²) in [6.07, 6.45) is 0. The van der Waals surface area contributed by atoms with Crippen molar-refractivity contribution in [2.45, 2.75) is 26.3 Å². The van der Waals surface area contributed by atoms with E-state index in [1.807, 2.05) is 13.0 Å². The van der Waals surface area contributed by atoms with E-state index in [0.717, 1.165) is 10.6 Å². The molecule has 0 atom stereocenters. The number of carbonyl (C=O) groups excluding carboxylic acids is 1. The van der Waals surface area contributed by atoms with Crippen LogP contribution in [0.3, 0.4) is 0 Å². The average molecular weight is 312 g/mol. The van der Waals surface area contributed by atoms with Crippen LogP contribution < -0.4 is 0 Å². The molecule has 2 rings (SSSR count). The molecule has 1 N–H and O–H groups in total. The number of halogens is 1. The van der Waals surface area contributed by atoms with E-state index in [9.17, 15) is 9.90 Å². The van der Waals surface area contributed by atoms with Crippen LogP contribution in [0.4, 0.5) is 0 Å². The second-order valence-corrected chi connectivity index (χ2v) is 5.76. The van der Waals surface area contributed by atoms with Gasteiger partial charge >= 0.3 is 0 Å². The van der Waals surface area contributed by atoms with Crippen molar-refractivity contribution in [1.82, 2.24) is 5.06 Å². The number of hydrogen-bond acceptors (Lipinski definition) is 4. The maximum atomic E-state index is 12.6. The van der Waals surface area contributed by atoms with Crippen LogP contribution in [-0.4, -0.2) is 35.5 Å². The monoisotopic (exact) mass is 311 g/mol. The lowest BCUT2D eigenvalue weighted by Gasteiger charge is -2.30. The molecule has 1 amide bonds. The maximum Gasteiger partial charge on any atom is 0.282 e. The molecule has 5 nitrogen and oxygen atoms in total. The van der Waals surface area contributed by atoms with Gasteiger partial charge in [0.25, 0.3) is 5.91 Å². The first kappa shape index (κ1) is 15.8. The second-order valence-electron chi connectivity index (χ2n) is 5.35. The third-order valence-electron chi connectivity index (χ3n) is 3.49. The molecule has 0 radical (unpaired) electrons. The minimum Gasteiger partial charge on any atom is -0.509 e. The van der Waals surface area contributed by atoms with Gasteiger partial charge in [0.1, 0.15) is 11.3 Å². The van der Waals surface area contributed by atoms with Crippen molar-refractivity contribution in [2.75, 3.05) is 13.9 Å². The summed E-state index contributed by atoms with van der Waals surface area (Å²) in [5.41, 5.74) is 0.510. The molecule has 114 valence electrons. The third-order valence-corrected chi connectivity index (χ3v) is 3.81. The smallest absolute Gasteiger partial charge is 0.282 e. The Kier molecular flexibility index (Phi) is 4.27. The number of ether oxygens (including phenoxy) is 1. The SMILES string of the molecule is COCON1C(=O)C(c2c(C)cccc2Cl)=C(O)C1(C)C. The molecule has 0 saturated heterocycles. The number of aliphatic hydroxyl groups is 1. The number of aryl methyl sites for hydroxylation is 1. The molecule has 1 aliphatic rings. The van der Waals surface area contributed by atoms with Gasteiger partial charge in [-0.1, -0.05) is 23.7 Å². The zero-order chi connectivity index (χ0) is 15.8. The fourth-order valence-corrected chi connectivity index (χ4v) is 2.67. The normalized spacial score (nSPS) is 17.8. The quantitative estimate of drug-likeness (QED) is 0.868. The van der Waals surface area contributed by atoms with Gasteiger partial charge in [0, 0.05) is 17.7 Å². The van der Waals surface area contributed by atoms with Crippen LogP contribution >= 0.6 is 11.6 Å². The van der Waals surface area contributed by atoms with E-state index in [0.29, 0.717) is 10.6 Å². The van der Waals surface area contributed by atoms with Crippen LogP contribution in [0.5, 0.6) is 0 Å². The molecule has 0 unspecified atom stereocenters. The van der Waals surface area contributed by atoms with E-state index in [1.54, 1.807) is 26.0 Å². The Labute approximate surface area is 128 Å². The Morgan fingerprint density at radius 1 is 1.38 bits per heavy atom. The number of hydroxylamine groups is 2. The predicted molar refractivity (Wildman–Crippen MR) is 79.6 cm³/mol. The lowest BCUT2D eigenvalue weighted by molar-refractivity contribution is -0.238. The second kappa shape index (κ2) is 5.67. The van der Waals surface area contributed by atoms with Gasteiger partial charge in [-0.2, -0.15) is 0 Å². The van der Waals surface area contributed by atoms with Crippen LogP contribution in [0.15, 0.2) is 24.0 Å². The van der Waals surface area contributed by atoms with E-state index in [2.05, 4.69) is 0 Å². The van der Waals surface area contributed by atoms with Crippen LogP contribution in [0, 0.1) is 6.92 Å². The molecule has 6 heteroatoms. The van der Waals surface area contributed by atoms with Gasteiger partial charge in [0.2, 0.25) is 0 Å². The van der Waals surface area contributed by atoms with Gasteiger partial charge < -0.3 is 9.84 Å². The highest BCUT2D eigenvalue weighted by atomic mass is 35.5. The summed E-state index contributed by atoms with van der Waals surface area (Å²) >= 11 is 6.20. The Morgan fingerprint density at radius 2 is 2.05 bits per heavy atom. The molecule has 0 fully saturated rings. The predicted octanol–water partition coefficient (Wildman–Crippen LogP) is 3.07. The number of aliphatic hydroxyl groups excluding tert-OH is 1. The molecule has 21 heavy (non-hydrogen) atoms. The number of nitrogens with zero attached hydrogens (tertiary/aromatic N) is 1. The number of rotatable bonds is 4. The molecule has 0 aromatic heterocycles. The van der Waals surface area contributed by atoms with Crippen molar-refractivity contribution in [3.63, 3.8) is 0 Å². The number of carbonyl (C=O) groups is 1. The molecule has 0 bridgehead atoms. The Balaban J connectivity index is 2.54. The molecular weight excluding hydrogens is 294 g/mol. The molecule has 1 aromatic carbocycles. The van der Waals surface area contributed by atoms with Crippen molar-refractivity contribution in [2.24, 2.45) is 0 Å². The molecule has 0 saturated carbocycles. The van der Waals surface area contributed by atoms with Crippen molar-refractivity contribution in [3.8, 4) is 0 Å². The van der Waals surface area contributed by atoms with E-state index in [-0.39, 0.29) is 18.1 Å². The van der Waals surface area contributed by atoms with Gasteiger partial charge in [-0.15, -0.1) is 0 Å². The molecule has 1 heterocycles. The van der Waals surface area contributed by atoms with Crippen LogP contribution in [-0.2, 0) is 14.4 Å². The Bertz CT molecular complexity index is 589. The minimum atomic E-state index is -0.990. The van der Waals surface area contributed by atoms with E-state index in [4.69, 9.17) is 21.2 Å². The molecule has 0 aliphatic carbocycles. The first-order valence-electron chi connectivity index (χ1n) is 6.48. The standard InChI is InChI=1S/C15H18ClNO4/c1-9-6-5-7-10(16)11(9)12-13(18)15(2,3)17(14(12)19)21-8-20-4/h5-7,18H,8H2,1-4H3. The maximum absolute atomic E-state index is 12.6.